The molecule has 0 radical (unpaired) electrons. The van der Waals surface area contributed by atoms with Crippen molar-refractivity contribution >= 4 is 23.1 Å². The van der Waals surface area contributed by atoms with E-state index in [0.29, 0.717) is 23.5 Å². The number of anilines is 3. The molecule has 1 fully saturated rings. The third-order valence-electron chi connectivity index (χ3n) is 4.79. The monoisotopic (exact) mass is 394 g/mol. The SMILES string of the molecule is O=[N+]([O-])c1cc(F)ccc1Nc1cc(-c2cccnc2)nc(NC2CCCC2)n1. The Balaban J connectivity index is 1.71. The van der Waals surface area contributed by atoms with Gasteiger partial charge in [-0.05, 0) is 37.1 Å². The van der Waals surface area contributed by atoms with Crippen LogP contribution >= 0.6 is 0 Å². The van der Waals surface area contributed by atoms with E-state index < -0.39 is 10.7 Å². The molecule has 29 heavy (non-hydrogen) atoms. The predicted octanol–water partition coefficient (Wildman–Crippen LogP) is 4.68. The normalized spacial score (nSPS) is 14.0. The van der Waals surface area contributed by atoms with Crippen LogP contribution in [0.2, 0.25) is 0 Å². The summed E-state index contributed by atoms with van der Waals surface area (Å²) in [4.78, 5) is 23.8. The second-order valence-electron chi connectivity index (χ2n) is 6.87. The minimum absolute atomic E-state index is 0.152. The molecule has 1 aliphatic rings. The lowest BCUT2D eigenvalue weighted by atomic mass is 10.2. The molecule has 0 atom stereocenters. The fraction of sp³-hybridized carbons (Fsp3) is 0.250. The summed E-state index contributed by atoms with van der Waals surface area (Å²) in [7, 11) is 0. The number of aromatic nitrogens is 3. The van der Waals surface area contributed by atoms with E-state index >= 15 is 0 Å². The van der Waals surface area contributed by atoms with Crippen molar-refractivity contribution in [3.63, 3.8) is 0 Å². The summed E-state index contributed by atoms with van der Waals surface area (Å²) in [6.45, 7) is 0. The van der Waals surface area contributed by atoms with Gasteiger partial charge in [0.15, 0.2) is 0 Å². The Labute approximate surface area is 166 Å². The summed E-state index contributed by atoms with van der Waals surface area (Å²) in [5.74, 6) is 0.129. The zero-order valence-electron chi connectivity index (χ0n) is 15.5. The number of hydrogen-bond donors (Lipinski definition) is 2. The molecule has 2 aromatic heterocycles. The number of nitrogens with one attached hydrogen (secondary N) is 2. The van der Waals surface area contributed by atoms with Crippen LogP contribution in [-0.4, -0.2) is 25.9 Å². The molecule has 1 aliphatic carbocycles. The van der Waals surface area contributed by atoms with Crippen LogP contribution in [0.5, 0.6) is 0 Å². The number of hydrogen-bond acceptors (Lipinski definition) is 7. The summed E-state index contributed by atoms with van der Waals surface area (Å²) in [5.41, 5.74) is 1.21. The molecule has 0 saturated heterocycles. The fourth-order valence-electron chi connectivity index (χ4n) is 3.39. The summed E-state index contributed by atoms with van der Waals surface area (Å²) in [6.07, 6.45) is 7.77. The highest BCUT2D eigenvalue weighted by molar-refractivity contribution is 5.71. The van der Waals surface area contributed by atoms with Gasteiger partial charge >= 0.3 is 0 Å². The molecule has 0 spiro atoms. The van der Waals surface area contributed by atoms with Crippen molar-refractivity contribution in [3.05, 3.63) is 64.7 Å². The maximum absolute atomic E-state index is 13.4. The van der Waals surface area contributed by atoms with Crippen LogP contribution in [0.25, 0.3) is 11.3 Å². The van der Waals surface area contributed by atoms with E-state index in [2.05, 4.69) is 25.6 Å². The van der Waals surface area contributed by atoms with Crippen LogP contribution in [0.15, 0.2) is 48.8 Å². The van der Waals surface area contributed by atoms with E-state index in [-0.39, 0.29) is 11.4 Å². The molecule has 148 valence electrons. The van der Waals surface area contributed by atoms with Crippen LogP contribution in [0.4, 0.5) is 27.5 Å². The molecule has 1 aromatic carbocycles. The van der Waals surface area contributed by atoms with Gasteiger partial charge in [0.25, 0.3) is 5.69 Å². The molecule has 4 rings (SSSR count). The molecule has 3 aromatic rings. The first-order chi connectivity index (χ1) is 14.1. The van der Waals surface area contributed by atoms with Gasteiger partial charge in [-0.25, -0.2) is 9.37 Å². The van der Waals surface area contributed by atoms with Crippen molar-refractivity contribution in [1.82, 2.24) is 15.0 Å². The highest BCUT2D eigenvalue weighted by Gasteiger charge is 2.19. The Kier molecular flexibility index (Phi) is 5.28. The number of nitro groups is 1. The number of nitrogens with zero attached hydrogens (tertiary/aromatic N) is 4. The third-order valence-corrected chi connectivity index (χ3v) is 4.79. The van der Waals surface area contributed by atoms with Crippen molar-refractivity contribution in [3.8, 4) is 11.3 Å². The van der Waals surface area contributed by atoms with Crippen molar-refractivity contribution in [1.29, 1.82) is 0 Å². The maximum atomic E-state index is 13.4. The second-order valence-corrected chi connectivity index (χ2v) is 6.87. The molecule has 0 unspecified atom stereocenters. The molecular formula is C20H19FN6O2. The Bertz CT molecular complexity index is 1020. The lowest BCUT2D eigenvalue weighted by molar-refractivity contribution is -0.384. The zero-order chi connectivity index (χ0) is 20.2. The highest BCUT2D eigenvalue weighted by atomic mass is 19.1. The van der Waals surface area contributed by atoms with E-state index in [1.54, 1.807) is 24.5 Å². The summed E-state index contributed by atoms with van der Waals surface area (Å²) in [5, 5.41) is 17.6. The minimum Gasteiger partial charge on any atom is -0.351 e. The van der Waals surface area contributed by atoms with Gasteiger partial charge in [-0.15, -0.1) is 0 Å². The van der Waals surface area contributed by atoms with E-state index in [9.17, 15) is 14.5 Å². The first-order valence-electron chi connectivity index (χ1n) is 9.35. The van der Waals surface area contributed by atoms with Crippen molar-refractivity contribution < 1.29 is 9.31 Å². The van der Waals surface area contributed by atoms with Crippen molar-refractivity contribution in [2.75, 3.05) is 10.6 Å². The molecule has 2 N–H and O–H groups in total. The van der Waals surface area contributed by atoms with E-state index in [1.165, 1.54) is 6.07 Å². The lowest BCUT2D eigenvalue weighted by Gasteiger charge is -2.15. The first-order valence-corrected chi connectivity index (χ1v) is 9.35. The zero-order valence-corrected chi connectivity index (χ0v) is 15.5. The van der Waals surface area contributed by atoms with E-state index in [1.807, 2.05) is 6.07 Å². The number of halogens is 1. The van der Waals surface area contributed by atoms with Gasteiger partial charge in [0, 0.05) is 30.1 Å². The number of nitro benzene ring substituents is 1. The van der Waals surface area contributed by atoms with Crippen LogP contribution in [0.3, 0.4) is 0 Å². The van der Waals surface area contributed by atoms with Crippen LogP contribution < -0.4 is 10.6 Å². The highest BCUT2D eigenvalue weighted by Crippen LogP contribution is 2.30. The quantitative estimate of drug-likeness (QED) is 0.462. The molecule has 8 nitrogen and oxygen atoms in total. The molecule has 0 aliphatic heterocycles. The van der Waals surface area contributed by atoms with Gasteiger partial charge < -0.3 is 10.6 Å². The topological polar surface area (TPSA) is 106 Å². The Morgan fingerprint density at radius 2 is 1.97 bits per heavy atom. The molecule has 1 saturated carbocycles. The summed E-state index contributed by atoms with van der Waals surface area (Å²) >= 11 is 0. The van der Waals surface area contributed by atoms with Crippen LogP contribution in [-0.2, 0) is 0 Å². The van der Waals surface area contributed by atoms with Gasteiger partial charge in [-0.3, -0.25) is 15.1 Å². The number of pyridine rings is 1. The van der Waals surface area contributed by atoms with Gasteiger partial charge in [-0.2, -0.15) is 4.98 Å². The van der Waals surface area contributed by atoms with E-state index in [0.717, 1.165) is 43.4 Å². The molecule has 0 amide bonds. The van der Waals surface area contributed by atoms with E-state index in [4.69, 9.17) is 0 Å². The second kappa shape index (κ2) is 8.17. The van der Waals surface area contributed by atoms with Crippen LogP contribution in [0, 0.1) is 15.9 Å². The molecule has 9 heteroatoms. The molecular weight excluding hydrogens is 375 g/mol. The van der Waals surface area contributed by atoms with Gasteiger partial charge in [0.1, 0.15) is 17.3 Å². The first kappa shape index (κ1) is 18.7. The lowest BCUT2D eigenvalue weighted by Crippen LogP contribution is -2.17. The van der Waals surface area contributed by atoms with Gasteiger partial charge in [-0.1, -0.05) is 12.8 Å². The predicted molar refractivity (Wildman–Crippen MR) is 107 cm³/mol. The maximum Gasteiger partial charge on any atom is 0.295 e. The van der Waals surface area contributed by atoms with Crippen molar-refractivity contribution in [2.45, 2.75) is 31.7 Å². The largest absolute Gasteiger partial charge is 0.351 e. The van der Waals surface area contributed by atoms with Gasteiger partial charge in [0.05, 0.1) is 16.7 Å². The van der Waals surface area contributed by atoms with Crippen molar-refractivity contribution in [2.24, 2.45) is 0 Å². The number of benzene rings is 1. The fourth-order valence-corrected chi connectivity index (χ4v) is 3.39. The average Bonchev–Trinajstić information content (AvgIpc) is 3.23. The minimum atomic E-state index is -0.676. The third kappa shape index (κ3) is 4.45. The Morgan fingerprint density at radius 1 is 1.14 bits per heavy atom. The Hall–Kier alpha value is -3.62. The number of rotatable bonds is 6. The van der Waals surface area contributed by atoms with Crippen LogP contribution in [0.1, 0.15) is 25.7 Å². The molecule has 0 bridgehead atoms. The summed E-state index contributed by atoms with van der Waals surface area (Å²) in [6, 6.07) is 9.03. The Morgan fingerprint density at radius 3 is 2.69 bits per heavy atom. The average molecular weight is 394 g/mol. The summed E-state index contributed by atoms with van der Waals surface area (Å²) < 4.78 is 13.4. The molecule has 2 heterocycles. The standard InChI is InChI=1S/C20H19FN6O2/c21-14-7-8-16(18(10-14)27(28)29)24-19-11-17(13-4-3-9-22-12-13)25-20(26-19)23-15-5-1-2-6-15/h3-4,7-12,15H,1-2,5-6H2,(H2,23,24,25,26). The van der Waals surface area contributed by atoms with Gasteiger partial charge in [0.2, 0.25) is 5.95 Å². The smallest absolute Gasteiger partial charge is 0.295 e.